The molecule has 8 heteroatoms. The Morgan fingerprint density at radius 1 is 1.09 bits per heavy atom. The minimum Gasteiger partial charge on any atom is -0.312 e. The number of thiazole rings is 1. The van der Waals surface area contributed by atoms with Crippen molar-refractivity contribution < 1.29 is 9.59 Å². The molecule has 0 spiro atoms. The quantitative estimate of drug-likeness (QED) is 0.499. The molecule has 2 aromatic carbocycles. The van der Waals surface area contributed by atoms with E-state index in [1.807, 2.05) is 79.0 Å². The van der Waals surface area contributed by atoms with Crippen LogP contribution in [0.4, 0.5) is 11.5 Å². The van der Waals surface area contributed by atoms with Crippen LogP contribution in [0.3, 0.4) is 0 Å². The van der Waals surface area contributed by atoms with Gasteiger partial charge in [0.1, 0.15) is 5.82 Å². The van der Waals surface area contributed by atoms with Gasteiger partial charge in [-0.3, -0.25) is 9.59 Å². The first-order chi connectivity index (χ1) is 15.6. The number of aromatic nitrogens is 3. The third kappa shape index (κ3) is 3.92. The first-order valence-electron chi connectivity index (χ1n) is 10.3. The van der Waals surface area contributed by atoms with Crippen molar-refractivity contribution in [2.45, 2.75) is 13.3 Å². The van der Waals surface area contributed by atoms with Crippen LogP contribution in [0.25, 0.3) is 16.4 Å². The topological polar surface area (TPSA) is 80.1 Å². The van der Waals surface area contributed by atoms with E-state index in [9.17, 15) is 9.59 Å². The van der Waals surface area contributed by atoms with Crippen molar-refractivity contribution >= 4 is 34.7 Å². The van der Waals surface area contributed by atoms with E-state index in [1.165, 1.54) is 11.3 Å². The number of carbonyl (C=O) groups excluding carboxylic acids is 2. The Hall–Kier alpha value is -3.78. The van der Waals surface area contributed by atoms with Gasteiger partial charge in [0.05, 0.1) is 17.3 Å². The lowest BCUT2D eigenvalue weighted by Crippen LogP contribution is -2.28. The molecule has 0 unspecified atom stereocenters. The summed E-state index contributed by atoms with van der Waals surface area (Å²) in [5.74, 6) is -0.124. The molecule has 1 saturated heterocycles. The van der Waals surface area contributed by atoms with Gasteiger partial charge in [-0.2, -0.15) is 9.78 Å². The van der Waals surface area contributed by atoms with Crippen LogP contribution in [0, 0.1) is 12.8 Å². The Kier molecular flexibility index (Phi) is 5.28. The Bertz CT molecular complexity index is 1270. The average Bonchev–Trinajstić information content (AvgIpc) is 3.53. The molecule has 4 aromatic rings. The molecule has 3 heterocycles. The highest BCUT2D eigenvalue weighted by molar-refractivity contribution is 7.12. The molecule has 7 nitrogen and oxygen atoms in total. The molecule has 1 atom stereocenters. The zero-order chi connectivity index (χ0) is 22.1. The molecule has 0 aliphatic carbocycles. The van der Waals surface area contributed by atoms with Crippen LogP contribution in [0.2, 0.25) is 0 Å². The van der Waals surface area contributed by atoms with E-state index in [0.717, 1.165) is 22.6 Å². The predicted octanol–water partition coefficient (Wildman–Crippen LogP) is 4.30. The number of anilines is 2. The molecule has 2 amide bonds. The zero-order valence-electron chi connectivity index (χ0n) is 17.4. The number of hydrogen-bond donors (Lipinski definition) is 1. The van der Waals surface area contributed by atoms with Crippen LogP contribution in [-0.4, -0.2) is 33.1 Å². The fraction of sp³-hybridized carbons (Fsp3) is 0.167. The van der Waals surface area contributed by atoms with Crippen molar-refractivity contribution in [3.63, 3.8) is 0 Å². The SMILES string of the molecule is Cc1cc(NC(=O)[C@@H]2CC(=O)N(c3ccccc3)C2)n(-c2nc(-c3ccccc3)cs2)n1. The molecule has 1 N–H and O–H groups in total. The van der Waals surface area contributed by atoms with Crippen LogP contribution in [0.5, 0.6) is 0 Å². The van der Waals surface area contributed by atoms with E-state index in [1.54, 1.807) is 9.58 Å². The van der Waals surface area contributed by atoms with Gasteiger partial charge in [0.25, 0.3) is 0 Å². The lowest BCUT2D eigenvalue weighted by atomic mass is 10.1. The molecular weight excluding hydrogens is 422 g/mol. The number of carbonyl (C=O) groups is 2. The summed E-state index contributed by atoms with van der Waals surface area (Å²) in [6, 6.07) is 21.2. The molecule has 1 aliphatic heterocycles. The zero-order valence-corrected chi connectivity index (χ0v) is 18.2. The number of hydrogen-bond acceptors (Lipinski definition) is 5. The molecule has 32 heavy (non-hydrogen) atoms. The number of amides is 2. The number of aryl methyl sites for hydroxylation is 1. The molecule has 0 saturated carbocycles. The Balaban J connectivity index is 1.34. The minimum absolute atomic E-state index is 0.0477. The van der Waals surface area contributed by atoms with Crippen molar-refractivity contribution in [1.29, 1.82) is 0 Å². The Morgan fingerprint density at radius 2 is 1.81 bits per heavy atom. The number of para-hydroxylation sites is 1. The van der Waals surface area contributed by atoms with Gasteiger partial charge >= 0.3 is 0 Å². The molecule has 1 aliphatic rings. The number of nitrogens with zero attached hydrogens (tertiary/aromatic N) is 4. The van der Waals surface area contributed by atoms with Gasteiger partial charge in [0.15, 0.2) is 0 Å². The van der Waals surface area contributed by atoms with Gasteiger partial charge in [-0.25, -0.2) is 4.98 Å². The largest absolute Gasteiger partial charge is 0.312 e. The standard InChI is InChI=1S/C24H21N5O2S/c1-16-12-21(29(27-16)24-25-20(15-32-24)17-8-4-2-5-9-17)26-23(31)18-13-22(30)28(14-18)19-10-6-3-7-11-19/h2-12,15,18H,13-14H2,1H3,(H,26,31)/t18-/m1/s1. The monoisotopic (exact) mass is 443 g/mol. The highest BCUT2D eigenvalue weighted by Gasteiger charge is 2.35. The second-order valence-corrected chi connectivity index (χ2v) is 8.53. The van der Waals surface area contributed by atoms with Crippen molar-refractivity contribution in [3.8, 4) is 16.4 Å². The van der Waals surface area contributed by atoms with Crippen molar-refractivity contribution in [2.24, 2.45) is 5.92 Å². The van der Waals surface area contributed by atoms with Crippen LogP contribution in [0.15, 0.2) is 72.1 Å². The maximum atomic E-state index is 13.0. The van der Waals surface area contributed by atoms with E-state index in [4.69, 9.17) is 4.98 Å². The number of rotatable bonds is 5. The normalized spacial score (nSPS) is 15.8. The van der Waals surface area contributed by atoms with Crippen LogP contribution in [0.1, 0.15) is 12.1 Å². The molecular formula is C24H21N5O2S. The van der Waals surface area contributed by atoms with E-state index in [0.29, 0.717) is 17.5 Å². The summed E-state index contributed by atoms with van der Waals surface area (Å²) in [6.45, 7) is 2.23. The number of nitrogens with one attached hydrogen (secondary N) is 1. The summed E-state index contributed by atoms with van der Waals surface area (Å²) in [5, 5.41) is 10.1. The summed E-state index contributed by atoms with van der Waals surface area (Å²) in [7, 11) is 0. The van der Waals surface area contributed by atoms with Gasteiger partial charge in [0, 0.05) is 35.7 Å². The van der Waals surface area contributed by atoms with Crippen molar-refractivity contribution in [2.75, 3.05) is 16.8 Å². The van der Waals surface area contributed by atoms with Crippen LogP contribution < -0.4 is 10.2 Å². The third-order valence-electron chi connectivity index (χ3n) is 5.39. The molecule has 160 valence electrons. The smallest absolute Gasteiger partial charge is 0.230 e. The van der Waals surface area contributed by atoms with Crippen LogP contribution in [-0.2, 0) is 9.59 Å². The maximum Gasteiger partial charge on any atom is 0.230 e. The van der Waals surface area contributed by atoms with E-state index in [2.05, 4.69) is 10.4 Å². The van der Waals surface area contributed by atoms with Crippen LogP contribution >= 0.6 is 11.3 Å². The van der Waals surface area contributed by atoms with E-state index >= 15 is 0 Å². The minimum atomic E-state index is -0.428. The average molecular weight is 444 g/mol. The van der Waals surface area contributed by atoms with E-state index in [-0.39, 0.29) is 18.2 Å². The lowest BCUT2D eigenvalue weighted by Gasteiger charge is -2.16. The first-order valence-corrected chi connectivity index (χ1v) is 11.2. The molecule has 2 aromatic heterocycles. The number of benzene rings is 2. The second-order valence-electron chi connectivity index (χ2n) is 7.69. The fourth-order valence-corrected chi connectivity index (χ4v) is 4.60. The summed E-state index contributed by atoms with van der Waals surface area (Å²) >= 11 is 1.46. The summed E-state index contributed by atoms with van der Waals surface area (Å²) in [6.07, 6.45) is 0.184. The van der Waals surface area contributed by atoms with Gasteiger partial charge in [0.2, 0.25) is 16.9 Å². The third-order valence-corrected chi connectivity index (χ3v) is 6.21. The lowest BCUT2D eigenvalue weighted by molar-refractivity contribution is -0.122. The summed E-state index contributed by atoms with van der Waals surface area (Å²) < 4.78 is 1.65. The van der Waals surface area contributed by atoms with Gasteiger partial charge in [-0.05, 0) is 19.1 Å². The molecule has 0 radical (unpaired) electrons. The maximum absolute atomic E-state index is 13.0. The molecule has 0 bridgehead atoms. The highest BCUT2D eigenvalue weighted by Crippen LogP contribution is 2.28. The first kappa shape index (κ1) is 20.1. The fourth-order valence-electron chi connectivity index (χ4n) is 3.81. The van der Waals surface area contributed by atoms with Crippen molar-refractivity contribution in [1.82, 2.24) is 14.8 Å². The van der Waals surface area contributed by atoms with Gasteiger partial charge in [-0.15, -0.1) is 11.3 Å². The Morgan fingerprint density at radius 3 is 2.56 bits per heavy atom. The molecule has 1 fully saturated rings. The van der Waals surface area contributed by atoms with Crippen molar-refractivity contribution in [3.05, 3.63) is 77.8 Å². The Labute approximate surface area is 189 Å². The highest BCUT2D eigenvalue weighted by atomic mass is 32.1. The summed E-state index contributed by atoms with van der Waals surface area (Å²) in [4.78, 5) is 31.9. The van der Waals surface area contributed by atoms with Gasteiger partial charge in [-0.1, -0.05) is 48.5 Å². The summed E-state index contributed by atoms with van der Waals surface area (Å²) in [5.41, 5.74) is 3.46. The predicted molar refractivity (Wildman–Crippen MR) is 125 cm³/mol. The molecule has 5 rings (SSSR count). The second kappa shape index (κ2) is 8.39. The van der Waals surface area contributed by atoms with Gasteiger partial charge < -0.3 is 10.2 Å². The van der Waals surface area contributed by atoms with E-state index < -0.39 is 5.92 Å².